The van der Waals surface area contributed by atoms with Crippen LogP contribution in [-0.2, 0) is 25.5 Å². The summed E-state index contributed by atoms with van der Waals surface area (Å²) in [5.41, 5.74) is 5.28. The fourth-order valence-corrected chi connectivity index (χ4v) is 6.16. The Balaban J connectivity index is 1.27. The van der Waals surface area contributed by atoms with E-state index in [2.05, 4.69) is 55.3 Å². The minimum Gasteiger partial charge on any atom is -0.494 e. The fourth-order valence-electron chi connectivity index (χ4n) is 6.16. The summed E-state index contributed by atoms with van der Waals surface area (Å²) >= 11 is 0. The van der Waals surface area contributed by atoms with E-state index >= 15 is 0 Å². The number of fused-ring (bicyclic) bond motifs is 1. The van der Waals surface area contributed by atoms with Gasteiger partial charge in [-0.3, -0.25) is 19.4 Å². The third kappa shape index (κ3) is 14.2. The number of ether oxygens (including phenoxy) is 2. The molecule has 4 rings (SSSR count). The number of Topliss-reactive ketones (excluding diaryl/α,β-unsaturated/α-hetero) is 1. The summed E-state index contributed by atoms with van der Waals surface area (Å²) < 4.78 is 11.9. The molecule has 52 heavy (non-hydrogen) atoms. The molecule has 0 unspecified atom stereocenters. The quantitative estimate of drug-likeness (QED) is 0.0783. The number of rotatable bonds is 22. The van der Waals surface area contributed by atoms with Crippen LogP contribution in [-0.4, -0.2) is 54.1 Å². The van der Waals surface area contributed by atoms with Gasteiger partial charge in [0.2, 0.25) is 5.91 Å². The standard InChI is InChI=1S/C44H56N2O6/c1-32-21-23-45-37(27-32)12-6-7-14-42(48)46-31-38(47)28-36(29-43(49)50)33-15-17-35(18-16-33)40-13-10-11-34-19-20-39(30-41(34)40)52-25-9-5-8-24-51-26-22-44(2,3)4/h10-11,13,15-21,23,27,30,36H,5-9,12,14,22,24-26,28-29,31H2,1-4H3,(H,46,48)(H,49,50)/t36-/m0/s1. The lowest BCUT2D eigenvalue weighted by Crippen LogP contribution is -2.30. The molecular weight excluding hydrogens is 652 g/mol. The zero-order valence-electron chi connectivity index (χ0n) is 31.4. The smallest absolute Gasteiger partial charge is 0.303 e. The number of aliphatic carboxylic acids is 1. The van der Waals surface area contributed by atoms with Crippen LogP contribution in [0.4, 0.5) is 0 Å². The number of aryl methyl sites for hydroxylation is 2. The lowest BCUT2D eigenvalue weighted by atomic mass is 9.89. The molecule has 4 aromatic rings. The predicted octanol–water partition coefficient (Wildman–Crippen LogP) is 9.26. The number of hydrogen-bond acceptors (Lipinski definition) is 6. The molecule has 278 valence electrons. The average molecular weight is 709 g/mol. The van der Waals surface area contributed by atoms with Crippen LogP contribution in [0.3, 0.4) is 0 Å². The Morgan fingerprint density at radius 3 is 2.38 bits per heavy atom. The topological polar surface area (TPSA) is 115 Å². The van der Waals surface area contributed by atoms with Crippen LogP contribution in [0.5, 0.6) is 5.75 Å². The number of nitrogens with one attached hydrogen (secondary N) is 1. The number of amides is 1. The van der Waals surface area contributed by atoms with E-state index in [1.54, 1.807) is 6.20 Å². The Labute approximate surface area is 309 Å². The molecule has 0 radical (unpaired) electrons. The van der Waals surface area contributed by atoms with Gasteiger partial charge in [-0.2, -0.15) is 0 Å². The van der Waals surface area contributed by atoms with Crippen LogP contribution < -0.4 is 10.1 Å². The minimum atomic E-state index is -0.972. The molecule has 1 heterocycles. The maximum Gasteiger partial charge on any atom is 0.303 e. The van der Waals surface area contributed by atoms with Crippen LogP contribution in [0.2, 0.25) is 0 Å². The number of hydrogen-bond donors (Lipinski definition) is 2. The van der Waals surface area contributed by atoms with Gasteiger partial charge in [0.15, 0.2) is 5.78 Å². The monoisotopic (exact) mass is 708 g/mol. The first-order valence-electron chi connectivity index (χ1n) is 18.7. The van der Waals surface area contributed by atoms with Crippen molar-refractivity contribution in [1.82, 2.24) is 10.3 Å². The summed E-state index contributed by atoms with van der Waals surface area (Å²) in [6.45, 7) is 10.8. The highest BCUT2D eigenvalue weighted by molar-refractivity contribution is 5.97. The number of unbranched alkanes of at least 4 members (excludes halogenated alkanes) is 3. The number of pyridine rings is 1. The highest BCUT2D eigenvalue weighted by Gasteiger charge is 2.20. The molecule has 1 amide bonds. The van der Waals surface area contributed by atoms with E-state index < -0.39 is 11.9 Å². The number of aromatic nitrogens is 1. The zero-order valence-corrected chi connectivity index (χ0v) is 31.4. The molecule has 1 aromatic heterocycles. The molecule has 8 heteroatoms. The number of carbonyl (C=O) groups excluding carboxylic acids is 2. The summed E-state index contributed by atoms with van der Waals surface area (Å²) in [5.74, 6) is -1.02. The van der Waals surface area contributed by atoms with Crippen molar-refractivity contribution in [3.05, 3.63) is 95.8 Å². The van der Waals surface area contributed by atoms with E-state index in [1.807, 2.05) is 55.5 Å². The summed E-state index contributed by atoms with van der Waals surface area (Å²) in [6, 6.07) is 24.1. The SMILES string of the molecule is Cc1ccnc(CCCCC(=O)NCC(=O)C[C@@H](CC(=O)O)c2ccc(-c3cccc4ccc(OCCCCCOCCC(C)(C)C)cc34)cc2)c1. The van der Waals surface area contributed by atoms with Crippen molar-refractivity contribution in [3.63, 3.8) is 0 Å². The Morgan fingerprint density at radius 2 is 1.63 bits per heavy atom. The summed E-state index contributed by atoms with van der Waals surface area (Å²) in [5, 5.41) is 14.5. The number of benzene rings is 3. The lowest BCUT2D eigenvalue weighted by molar-refractivity contribution is -0.137. The second-order valence-electron chi connectivity index (χ2n) is 15.0. The van der Waals surface area contributed by atoms with E-state index in [1.165, 1.54) is 0 Å². The van der Waals surface area contributed by atoms with Gasteiger partial charge in [-0.1, -0.05) is 69.3 Å². The molecule has 2 N–H and O–H groups in total. The van der Waals surface area contributed by atoms with Crippen LogP contribution >= 0.6 is 0 Å². The minimum absolute atomic E-state index is 0.0319. The molecule has 3 aromatic carbocycles. The van der Waals surface area contributed by atoms with Gasteiger partial charge in [-0.25, -0.2) is 0 Å². The van der Waals surface area contributed by atoms with Gasteiger partial charge in [0.25, 0.3) is 0 Å². The Hall–Kier alpha value is -4.56. The van der Waals surface area contributed by atoms with E-state index in [9.17, 15) is 19.5 Å². The Morgan fingerprint density at radius 1 is 0.846 bits per heavy atom. The number of ketones is 1. The van der Waals surface area contributed by atoms with Crippen molar-refractivity contribution in [2.45, 2.75) is 97.8 Å². The maximum atomic E-state index is 12.9. The molecule has 8 nitrogen and oxygen atoms in total. The number of carboxylic acids is 1. The molecule has 0 aliphatic carbocycles. The largest absolute Gasteiger partial charge is 0.494 e. The Bertz CT molecular complexity index is 1740. The van der Waals surface area contributed by atoms with Crippen molar-refractivity contribution in [2.24, 2.45) is 5.41 Å². The molecule has 0 bridgehead atoms. The predicted molar refractivity (Wildman–Crippen MR) is 208 cm³/mol. The first-order chi connectivity index (χ1) is 25.0. The van der Waals surface area contributed by atoms with Gasteiger partial charge < -0.3 is 19.9 Å². The van der Waals surface area contributed by atoms with Crippen molar-refractivity contribution in [2.75, 3.05) is 26.4 Å². The van der Waals surface area contributed by atoms with Gasteiger partial charge in [-0.15, -0.1) is 0 Å². The summed E-state index contributed by atoms with van der Waals surface area (Å²) in [6.07, 6.45) is 8.41. The number of carbonyl (C=O) groups is 3. The molecule has 0 aliphatic heterocycles. The molecule has 0 saturated heterocycles. The van der Waals surface area contributed by atoms with Gasteiger partial charge in [0.05, 0.1) is 19.6 Å². The van der Waals surface area contributed by atoms with E-state index in [0.717, 1.165) is 96.2 Å². The van der Waals surface area contributed by atoms with Gasteiger partial charge >= 0.3 is 5.97 Å². The van der Waals surface area contributed by atoms with Crippen LogP contribution in [0.25, 0.3) is 21.9 Å². The van der Waals surface area contributed by atoms with Crippen molar-refractivity contribution >= 4 is 28.4 Å². The first-order valence-corrected chi connectivity index (χ1v) is 18.7. The highest BCUT2D eigenvalue weighted by atomic mass is 16.5. The molecule has 0 fully saturated rings. The van der Waals surface area contributed by atoms with Crippen molar-refractivity contribution in [3.8, 4) is 16.9 Å². The normalized spacial score (nSPS) is 12.1. The zero-order chi connectivity index (χ0) is 37.3. The highest BCUT2D eigenvalue weighted by Crippen LogP contribution is 2.33. The van der Waals surface area contributed by atoms with E-state index in [0.29, 0.717) is 24.9 Å². The lowest BCUT2D eigenvalue weighted by Gasteiger charge is -2.17. The maximum absolute atomic E-state index is 12.9. The molecule has 1 atom stereocenters. The number of carboxylic acid groups (broad SMARTS) is 1. The van der Waals surface area contributed by atoms with Crippen LogP contribution in [0.15, 0.2) is 79.0 Å². The second kappa shape index (κ2) is 20.5. The summed E-state index contributed by atoms with van der Waals surface area (Å²) in [4.78, 5) is 41.4. The third-order valence-corrected chi connectivity index (χ3v) is 9.18. The molecule has 0 saturated carbocycles. The fraction of sp³-hybridized carbons (Fsp3) is 0.455. The molecular formula is C44H56N2O6. The average Bonchev–Trinajstić information content (AvgIpc) is 3.11. The molecule has 0 spiro atoms. The van der Waals surface area contributed by atoms with E-state index in [4.69, 9.17) is 9.47 Å². The van der Waals surface area contributed by atoms with Crippen molar-refractivity contribution in [1.29, 1.82) is 0 Å². The van der Waals surface area contributed by atoms with Crippen LogP contribution in [0, 0.1) is 12.3 Å². The summed E-state index contributed by atoms with van der Waals surface area (Å²) in [7, 11) is 0. The Kier molecular flexibility index (Phi) is 15.8. The second-order valence-corrected chi connectivity index (χ2v) is 15.0. The van der Waals surface area contributed by atoms with Gasteiger partial charge in [0, 0.05) is 43.9 Å². The van der Waals surface area contributed by atoms with Crippen molar-refractivity contribution < 1.29 is 29.0 Å². The third-order valence-electron chi connectivity index (χ3n) is 9.18. The van der Waals surface area contributed by atoms with E-state index in [-0.39, 0.29) is 31.1 Å². The molecule has 0 aliphatic rings. The van der Waals surface area contributed by atoms with Crippen LogP contribution in [0.1, 0.15) is 101 Å². The van der Waals surface area contributed by atoms with Gasteiger partial charge in [-0.05, 0) is 115 Å². The first kappa shape index (κ1) is 40.2. The number of nitrogens with zero attached hydrogens (tertiary/aromatic N) is 1. The van der Waals surface area contributed by atoms with Gasteiger partial charge in [0.1, 0.15) is 5.75 Å².